The summed E-state index contributed by atoms with van der Waals surface area (Å²) in [6.07, 6.45) is 5.88. The molecule has 3 heteroatoms. The molecule has 0 unspecified atom stereocenters. The highest BCUT2D eigenvalue weighted by Crippen LogP contribution is 2.13. The molecule has 2 aromatic rings. The Morgan fingerprint density at radius 2 is 2.38 bits per heavy atom. The standard InChI is InChI=1S/C10H10N2S/c13-5-1-2-8-3-4-9-7-11-12-10(9)6-8/h1-4,6-7,13H,5H2,(H,11,12). The van der Waals surface area contributed by atoms with Crippen LogP contribution in [-0.2, 0) is 0 Å². The Bertz CT molecular complexity index is 431. The topological polar surface area (TPSA) is 28.7 Å². The van der Waals surface area contributed by atoms with Gasteiger partial charge in [-0.15, -0.1) is 0 Å². The summed E-state index contributed by atoms with van der Waals surface area (Å²) >= 11 is 4.11. The van der Waals surface area contributed by atoms with Gasteiger partial charge in [0.1, 0.15) is 0 Å². The molecule has 0 atom stereocenters. The van der Waals surface area contributed by atoms with E-state index in [-0.39, 0.29) is 0 Å². The van der Waals surface area contributed by atoms with Crippen molar-refractivity contribution in [2.75, 3.05) is 5.75 Å². The van der Waals surface area contributed by atoms with Crippen LogP contribution in [0.25, 0.3) is 17.0 Å². The Morgan fingerprint density at radius 3 is 3.23 bits per heavy atom. The van der Waals surface area contributed by atoms with E-state index in [0.29, 0.717) is 0 Å². The Hall–Kier alpha value is -1.22. The molecule has 0 spiro atoms. The van der Waals surface area contributed by atoms with Gasteiger partial charge < -0.3 is 0 Å². The average Bonchev–Trinajstić information content (AvgIpc) is 2.61. The van der Waals surface area contributed by atoms with Crippen LogP contribution < -0.4 is 0 Å². The van der Waals surface area contributed by atoms with E-state index in [1.54, 1.807) is 0 Å². The molecule has 0 amide bonds. The van der Waals surface area contributed by atoms with Gasteiger partial charge in [-0.1, -0.05) is 24.3 Å². The summed E-state index contributed by atoms with van der Waals surface area (Å²) in [5, 5.41) is 8.03. The number of aromatic amines is 1. The van der Waals surface area contributed by atoms with Crippen LogP contribution in [-0.4, -0.2) is 16.0 Å². The molecule has 0 saturated heterocycles. The van der Waals surface area contributed by atoms with Crippen LogP contribution in [0.5, 0.6) is 0 Å². The number of fused-ring (bicyclic) bond motifs is 1. The quantitative estimate of drug-likeness (QED) is 0.700. The van der Waals surface area contributed by atoms with Crippen molar-refractivity contribution >= 4 is 29.6 Å². The van der Waals surface area contributed by atoms with E-state index in [4.69, 9.17) is 0 Å². The molecule has 2 rings (SSSR count). The molecule has 0 saturated carbocycles. The maximum Gasteiger partial charge on any atom is 0.0656 e. The van der Waals surface area contributed by atoms with E-state index in [9.17, 15) is 0 Å². The van der Waals surface area contributed by atoms with Gasteiger partial charge in [-0.25, -0.2) is 0 Å². The molecule has 1 N–H and O–H groups in total. The lowest BCUT2D eigenvalue weighted by Crippen LogP contribution is -1.73. The van der Waals surface area contributed by atoms with Crippen molar-refractivity contribution in [1.29, 1.82) is 0 Å². The van der Waals surface area contributed by atoms with Gasteiger partial charge in [0.25, 0.3) is 0 Å². The van der Waals surface area contributed by atoms with Crippen molar-refractivity contribution in [3.8, 4) is 0 Å². The fourth-order valence-electron chi connectivity index (χ4n) is 1.25. The van der Waals surface area contributed by atoms with Gasteiger partial charge in [0.05, 0.1) is 11.7 Å². The van der Waals surface area contributed by atoms with E-state index in [1.807, 2.05) is 18.3 Å². The molecule has 0 fully saturated rings. The van der Waals surface area contributed by atoms with E-state index in [2.05, 4.69) is 41.0 Å². The number of aromatic nitrogens is 2. The van der Waals surface area contributed by atoms with Crippen LogP contribution in [0.3, 0.4) is 0 Å². The van der Waals surface area contributed by atoms with Crippen molar-refractivity contribution in [3.05, 3.63) is 36.0 Å². The third kappa shape index (κ3) is 1.75. The van der Waals surface area contributed by atoms with Gasteiger partial charge >= 0.3 is 0 Å². The first-order valence-electron chi connectivity index (χ1n) is 4.10. The zero-order valence-corrected chi connectivity index (χ0v) is 7.96. The summed E-state index contributed by atoms with van der Waals surface area (Å²) in [4.78, 5) is 0. The largest absolute Gasteiger partial charge is 0.278 e. The molecule has 2 nitrogen and oxygen atoms in total. The molecular weight excluding hydrogens is 180 g/mol. The maximum absolute atomic E-state index is 4.11. The molecule has 0 aliphatic carbocycles. The minimum Gasteiger partial charge on any atom is -0.278 e. The Balaban J connectivity index is 2.42. The second kappa shape index (κ2) is 3.66. The highest BCUT2D eigenvalue weighted by atomic mass is 32.1. The molecular formula is C10H10N2S. The van der Waals surface area contributed by atoms with E-state index >= 15 is 0 Å². The zero-order chi connectivity index (χ0) is 9.10. The van der Waals surface area contributed by atoms with Gasteiger partial charge in [-0.05, 0) is 11.6 Å². The summed E-state index contributed by atoms with van der Waals surface area (Å²) in [7, 11) is 0. The summed E-state index contributed by atoms with van der Waals surface area (Å²) < 4.78 is 0. The lowest BCUT2D eigenvalue weighted by molar-refractivity contribution is 1.12. The van der Waals surface area contributed by atoms with Crippen molar-refractivity contribution in [3.63, 3.8) is 0 Å². The summed E-state index contributed by atoms with van der Waals surface area (Å²) in [5.74, 6) is 0.765. The van der Waals surface area contributed by atoms with Crippen LogP contribution in [0.15, 0.2) is 30.5 Å². The van der Waals surface area contributed by atoms with Gasteiger partial charge in [0, 0.05) is 11.1 Å². The maximum atomic E-state index is 4.11. The first-order chi connectivity index (χ1) is 6.40. The second-order valence-electron chi connectivity index (χ2n) is 2.80. The van der Waals surface area contributed by atoms with Gasteiger partial charge in [0.15, 0.2) is 0 Å². The Labute approximate surface area is 82.1 Å². The molecule has 0 aliphatic heterocycles. The number of H-pyrrole nitrogens is 1. The van der Waals surface area contributed by atoms with E-state index in [0.717, 1.165) is 16.7 Å². The minimum atomic E-state index is 0.765. The first-order valence-corrected chi connectivity index (χ1v) is 4.74. The van der Waals surface area contributed by atoms with Crippen LogP contribution >= 0.6 is 12.6 Å². The molecule has 1 aromatic heterocycles. The molecule has 1 heterocycles. The fraction of sp³-hybridized carbons (Fsp3) is 0.100. The number of rotatable bonds is 2. The zero-order valence-electron chi connectivity index (χ0n) is 7.07. The predicted molar refractivity (Wildman–Crippen MR) is 59.0 cm³/mol. The lowest BCUT2D eigenvalue weighted by atomic mass is 10.1. The summed E-state index contributed by atoms with van der Waals surface area (Å²) in [6.45, 7) is 0. The average molecular weight is 190 g/mol. The predicted octanol–water partition coefficient (Wildman–Crippen LogP) is 2.51. The van der Waals surface area contributed by atoms with Crippen molar-refractivity contribution in [2.45, 2.75) is 0 Å². The van der Waals surface area contributed by atoms with Gasteiger partial charge in [-0.3, -0.25) is 5.10 Å². The highest BCUT2D eigenvalue weighted by molar-refractivity contribution is 7.80. The molecule has 66 valence electrons. The van der Waals surface area contributed by atoms with Crippen molar-refractivity contribution in [1.82, 2.24) is 10.2 Å². The first kappa shape index (κ1) is 8.38. The molecule has 0 bridgehead atoms. The molecule has 0 radical (unpaired) electrons. The van der Waals surface area contributed by atoms with Crippen LogP contribution in [0.4, 0.5) is 0 Å². The SMILES string of the molecule is SCC=Cc1ccc2cn[nH]c2c1. The van der Waals surface area contributed by atoms with Crippen LogP contribution in [0.1, 0.15) is 5.56 Å². The smallest absolute Gasteiger partial charge is 0.0656 e. The number of benzene rings is 1. The van der Waals surface area contributed by atoms with E-state index < -0.39 is 0 Å². The molecule has 0 aliphatic rings. The Kier molecular flexibility index (Phi) is 2.36. The highest BCUT2D eigenvalue weighted by Gasteiger charge is 1.94. The number of hydrogen-bond donors (Lipinski definition) is 2. The fourth-order valence-corrected chi connectivity index (χ4v) is 1.35. The monoisotopic (exact) mass is 190 g/mol. The van der Waals surface area contributed by atoms with E-state index in [1.165, 1.54) is 5.56 Å². The van der Waals surface area contributed by atoms with Crippen LogP contribution in [0.2, 0.25) is 0 Å². The number of thiol groups is 1. The van der Waals surface area contributed by atoms with Crippen molar-refractivity contribution in [2.24, 2.45) is 0 Å². The van der Waals surface area contributed by atoms with Gasteiger partial charge in [-0.2, -0.15) is 17.7 Å². The lowest BCUT2D eigenvalue weighted by Gasteiger charge is -1.92. The second-order valence-corrected chi connectivity index (χ2v) is 3.17. The summed E-state index contributed by atoms with van der Waals surface area (Å²) in [5.41, 5.74) is 2.24. The van der Waals surface area contributed by atoms with Crippen LogP contribution in [0, 0.1) is 0 Å². The number of nitrogens with zero attached hydrogens (tertiary/aromatic N) is 1. The van der Waals surface area contributed by atoms with Crippen molar-refractivity contribution < 1.29 is 0 Å². The Morgan fingerprint density at radius 1 is 1.46 bits per heavy atom. The summed E-state index contributed by atoms with van der Waals surface area (Å²) in [6, 6.07) is 6.19. The third-order valence-electron chi connectivity index (χ3n) is 1.88. The third-order valence-corrected chi connectivity index (χ3v) is 2.09. The number of hydrogen-bond acceptors (Lipinski definition) is 2. The van der Waals surface area contributed by atoms with Gasteiger partial charge in [0.2, 0.25) is 0 Å². The number of nitrogens with one attached hydrogen (secondary N) is 1. The minimum absolute atomic E-state index is 0.765. The molecule has 1 aromatic carbocycles. The normalized spacial score (nSPS) is 11.5. The molecule has 13 heavy (non-hydrogen) atoms.